The summed E-state index contributed by atoms with van der Waals surface area (Å²) in [6, 6.07) is 4.57. The van der Waals surface area contributed by atoms with Crippen molar-refractivity contribution >= 4 is 23.5 Å². The van der Waals surface area contributed by atoms with Crippen LogP contribution in [0.5, 0.6) is 0 Å². The molecule has 2 N–H and O–H groups in total. The number of carbonyl (C=O) groups is 1. The zero-order valence-corrected chi connectivity index (χ0v) is 13.2. The number of cyclic esters (lactones) is 1. The molecule has 6 nitrogen and oxygen atoms in total. The number of thioether (sulfide) groups is 1. The van der Waals surface area contributed by atoms with Gasteiger partial charge in [0.25, 0.3) is 0 Å². The van der Waals surface area contributed by atoms with Crippen LogP contribution in [-0.4, -0.2) is 41.5 Å². The normalized spacial score (nSPS) is 17.4. The van der Waals surface area contributed by atoms with Crippen LogP contribution in [0.25, 0.3) is 11.1 Å². The number of rotatable bonds is 4. The molecule has 23 heavy (non-hydrogen) atoms. The standard InChI is InChI=1S/C15H15FN4O2S/c1-23-14-18-6-9(7-19-14)12-3-2-10(4-13(12)16)20-8-11(5-17)22-15(20)21/h2-4,6-7,11H,5,8,17H2,1H3/t11-/m0/s1. The van der Waals surface area contributed by atoms with Crippen molar-refractivity contribution in [2.24, 2.45) is 5.73 Å². The number of nitrogens with two attached hydrogens (primary N) is 1. The number of amides is 1. The van der Waals surface area contributed by atoms with E-state index in [0.29, 0.717) is 28.5 Å². The number of halogens is 1. The van der Waals surface area contributed by atoms with E-state index in [4.69, 9.17) is 10.5 Å². The summed E-state index contributed by atoms with van der Waals surface area (Å²) in [5, 5.41) is 0.624. The zero-order chi connectivity index (χ0) is 16.4. The van der Waals surface area contributed by atoms with Gasteiger partial charge < -0.3 is 10.5 Å². The fourth-order valence-corrected chi connectivity index (χ4v) is 2.64. The van der Waals surface area contributed by atoms with Crippen molar-refractivity contribution in [3.8, 4) is 11.1 Å². The van der Waals surface area contributed by atoms with E-state index >= 15 is 0 Å². The summed E-state index contributed by atoms with van der Waals surface area (Å²) in [6.45, 7) is 0.557. The van der Waals surface area contributed by atoms with Crippen LogP contribution in [0.2, 0.25) is 0 Å². The lowest BCUT2D eigenvalue weighted by molar-refractivity contribution is 0.145. The molecular weight excluding hydrogens is 319 g/mol. The van der Waals surface area contributed by atoms with Gasteiger partial charge in [0.2, 0.25) is 0 Å². The highest BCUT2D eigenvalue weighted by Gasteiger charge is 2.31. The SMILES string of the molecule is CSc1ncc(-c2ccc(N3C[C@H](CN)OC3=O)cc2F)cn1. The Labute approximate surface area is 136 Å². The van der Waals surface area contributed by atoms with E-state index in [-0.39, 0.29) is 12.6 Å². The number of aromatic nitrogens is 2. The molecule has 1 aromatic heterocycles. The van der Waals surface area contributed by atoms with Crippen molar-refractivity contribution in [3.05, 3.63) is 36.4 Å². The molecule has 0 spiro atoms. The van der Waals surface area contributed by atoms with E-state index in [1.807, 2.05) is 6.26 Å². The molecule has 1 saturated heterocycles. The monoisotopic (exact) mass is 334 g/mol. The highest BCUT2D eigenvalue weighted by molar-refractivity contribution is 7.98. The Bertz CT molecular complexity index is 726. The molecule has 8 heteroatoms. The van der Waals surface area contributed by atoms with Crippen LogP contribution in [0.4, 0.5) is 14.9 Å². The van der Waals surface area contributed by atoms with Crippen LogP contribution in [0.1, 0.15) is 0 Å². The van der Waals surface area contributed by atoms with Crippen LogP contribution >= 0.6 is 11.8 Å². The number of hydrogen-bond acceptors (Lipinski definition) is 6. The molecule has 1 aliphatic rings. The molecule has 0 bridgehead atoms. The lowest BCUT2D eigenvalue weighted by Crippen LogP contribution is -2.27. The first-order chi connectivity index (χ1) is 11.1. The fraction of sp³-hybridized carbons (Fsp3) is 0.267. The second-order valence-corrected chi connectivity index (χ2v) is 5.75. The molecule has 1 fully saturated rings. The van der Waals surface area contributed by atoms with Gasteiger partial charge in [-0.05, 0) is 24.5 Å². The summed E-state index contributed by atoms with van der Waals surface area (Å²) in [5.74, 6) is -0.452. The zero-order valence-electron chi connectivity index (χ0n) is 12.4. The minimum atomic E-state index is -0.514. The molecule has 3 rings (SSSR count). The van der Waals surface area contributed by atoms with Crippen molar-refractivity contribution in [3.63, 3.8) is 0 Å². The first-order valence-corrected chi connectivity index (χ1v) is 8.19. The topological polar surface area (TPSA) is 81.3 Å². The quantitative estimate of drug-likeness (QED) is 0.682. The third-order valence-corrected chi connectivity index (χ3v) is 4.10. The molecule has 0 radical (unpaired) electrons. The fourth-order valence-electron chi connectivity index (χ4n) is 2.32. The summed E-state index contributed by atoms with van der Waals surface area (Å²) >= 11 is 1.41. The molecule has 1 atom stereocenters. The van der Waals surface area contributed by atoms with Crippen LogP contribution in [0, 0.1) is 5.82 Å². The molecule has 1 aromatic carbocycles. The third-order valence-electron chi connectivity index (χ3n) is 3.52. The van der Waals surface area contributed by atoms with E-state index in [2.05, 4.69) is 9.97 Å². The lowest BCUT2D eigenvalue weighted by Gasteiger charge is -2.14. The Morgan fingerprint density at radius 2 is 2.17 bits per heavy atom. The molecule has 2 aromatic rings. The third kappa shape index (κ3) is 3.13. The van der Waals surface area contributed by atoms with Gasteiger partial charge in [0.1, 0.15) is 11.9 Å². The van der Waals surface area contributed by atoms with Crippen LogP contribution in [0.15, 0.2) is 35.7 Å². The molecule has 120 valence electrons. The number of hydrogen-bond donors (Lipinski definition) is 1. The van der Waals surface area contributed by atoms with Gasteiger partial charge in [-0.15, -0.1) is 0 Å². The van der Waals surface area contributed by atoms with Gasteiger partial charge in [0, 0.05) is 30.1 Å². The molecule has 2 heterocycles. The van der Waals surface area contributed by atoms with Gasteiger partial charge in [-0.2, -0.15) is 0 Å². The van der Waals surface area contributed by atoms with E-state index in [1.165, 1.54) is 22.7 Å². The van der Waals surface area contributed by atoms with E-state index < -0.39 is 11.9 Å². The Hall–Kier alpha value is -2.19. The minimum absolute atomic E-state index is 0.238. The second kappa shape index (κ2) is 6.51. The van der Waals surface area contributed by atoms with Crippen molar-refractivity contribution in [1.29, 1.82) is 0 Å². The molecule has 1 aliphatic heterocycles. The van der Waals surface area contributed by atoms with Gasteiger partial charge in [-0.3, -0.25) is 4.90 Å². The summed E-state index contributed by atoms with van der Waals surface area (Å²) in [4.78, 5) is 21.4. The molecule has 0 saturated carbocycles. The lowest BCUT2D eigenvalue weighted by atomic mass is 10.1. The molecule has 0 aliphatic carbocycles. The van der Waals surface area contributed by atoms with E-state index in [0.717, 1.165) is 0 Å². The van der Waals surface area contributed by atoms with Gasteiger partial charge in [-0.1, -0.05) is 11.8 Å². The largest absolute Gasteiger partial charge is 0.443 e. The molecular formula is C15H15FN4O2S. The summed E-state index contributed by atoms with van der Waals surface area (Å²) in [7, 11) is 0. The smallest absolute Gasteiger partial charge is 0.414 e. The highest BCUT2D eigenvalue weighted by atomic mass is 32.2. The minimum Gasteiger partial charge on any atom is -0.443 e. The summed E-state index contributed by atoms with van der Waals surface area (Å²) in [5.41, 5.74) is 6.89. The van der Waals surface area contributed by atoms with Gasteiger partial charge in [0.15, 0.2) is 5.16 Å². The van der Waals surface area contributed by atoms with Gasteiger partial charge in [-0.25, -0.2) is 19.2 Å². The van der Waals surface area contributed by atoms with Crippen LogP contribution in [-0.2, 0) is 4.74 Å². The summed E-state index contributed by atoms with van der Waals surface area (Å²) in [6.07, 6.45) is 4.14. The number of anilines is 1. The Kier molecular flexibility index (Phi) is 4.44. The average Bonchev–Trinajstić information content (AvgIpc) is 2.96. The van der Waals surface area contributed by atoms with E-state index in [1.54, 1.807) is 24.5 Å². The van der Waals surface area contributed by atoms with Gasteiger partial charge in [0.05, 0.1) is 12.2 Å². The Balaban J connectivity index is 1.87. The van der Waals surface area contributed by atoms with Crippen LogP contribution < -0.4 is 10.6 Å². The number of nitrogens with zero attached hydrogens (tertiary/aromatic N) is 3. The maximum atomic E-state index is 14.4. The van der Waals surface area contributed by atoms with Crippen molar-refractivity contribution in [1.82, 2.24) is 9.97 Å². The predicted octanol–water partition coefficient (Wildman–Crippen LogP) is 2.29. The van der Waals surface area contributed by atoms with Crippen molar-refractivity contribution in [2.75, 3.05) is 24.2 Å². The Morgan fingerprint density at radius 3 is 2.74 bits per heavy atom. The van der Waals surface area contributed by atoms with Crippen molar-refractivity contribution < 1.29 is 13.9 Å². The first-order valence-electron chi connectivity index (χ1n) is 6.96. The highest BCUT2D eigenvalue weighted by Crippen LogP contribution is 2.28. The predicted molar refractivity (Wildman–Crippen MR) is 85.9 cm³/mol. The first kappa shape index (κ1) is 15.7. The Morgan fingerprint density at radius 1 is 1.43 bits per heavy atom. The van der Waals surface area contributed by atoms with Crippen LogP contribution in [0.3, 0.4) is 0 Å². The number of carbonyl (C=O) groups excluding carboxylic acids is 1. The maximum absolute atomic E-state index is 14.4. The van der Waals surface area contributed by atoms with Crippen molar-refractivity contribution in [2.45, 2.75) is 11.3 Å². The maximum Gasteiger partial charge on any atom is 0.414 e. The number of ether oxygens (including phenoxy) is 1. The second-order valence-electron chi connectivity index (χ2n) is 4.97. The summed E-state index contributed by atoms with van der Waals surface area (Å²) < 4.78 is 19.5. The van der Waals surface area contributed by atoms with Gasteiger partial charge >= 0.3 is 6.09 Å². The van der Waals surface area contributed by atoms with E-state index in [9.17, 15) is 9.18 Å². The number of benzene rings is 1. The average molecular weight is 334 g/mol. The molecule has 0 unspecified atom stereocenters. The molecule has 1 amide bonds.